The molecule has 1 heterocycles. The number of rotatable bonds is 5. The number of amides is 1. The molecule has 0 unspecified atom stereocenters. The Balaban J connectivity index is 1.73. The van der Waals surface area contributed by atoms with E-state index in [2.05, 4.69) is 4.98 Å². The first kappa shape index (κ1) is 15.5. The second-order valence-corrected chi connectivity index (χ2v) is 6.22. The van der Waals surface area contributed by atoms with Crippen LogP contribution < -0.4 is 9.64 Å². The van der Waals surface area contributed by atoms with E-state index in [4.69, 9.17) is 4.74 Å². The summed E-state index contributed by atoms with van der Waals surface area (Å²) in [6.07, 6.45) is 0. The lowest BCUT2D eigenvalue weighted by Crippen LogP contribution is -2.34. The molecule has 1 aromatic heterocycles. The molecule has 0 saturated heterocycles. The molecule has 0 aliphatic carbocycles. The molecule has 0 aliphatic rings. The minimum atomic E-state index is -0.0898. The van der Waals surface area contributed by atoms with E-state index in [-0.39, 0.29) is 12.5 Å². The SMILES string of the molecule is CCN(C(=O)COc1cccc(C)c1)c1nc2ccccc2s1. The highest BCUT2D eigenvalue weighted by Crippen LogP contribution is 2.28. The van der Waals surface area contributed by atoms with Gasteiger partial charge < -0.3 is 4.74 Å². The smallest absolute Gasteiger partial charge is 0.266 e. The van der Waals surface area contributed by atoms with Gasteiger partial charge in [0.15, 0.2) is 11.7 Å². The van der Waals surface area contributed by atoms with Gasteiger partial charge in [-0.2, -0.15) is 0 Å². The average Bonchev–Trinajstić information content (AvgIpc) is 2.97. The summed E-state index contributed by atoms with van der Waals surface area (Å²) in [6, 6.07) is 15.6. The van der Waals surface area contributed by atoms with E-state index in [1.165, 1.54) is 11.3 Å². The van der Waals surface area contributed by atoms with Gasteiger partial charge in [0.05, 0.1) is 10.2 Å². The van der Waals surface area contributed by atoms with Crippen molar-refractivity contribution in [2.45, 2.75) is 13.8 Å². The van der Waals surface area contributed by atoms with Crippen LogP contribution in [0.15, 0.2) is 48.5 Å². The van der Waals surface area contributed by atoms with Crippen LogP contribution >= 0.6 is 11.3 Å². The lowest BCUT2D eigenvalue weighted by molar-refractivity contribution is -0.120. The summed E-state index contributed by atoms with van der Waals surface area (Å²) in [5, 5.41) is 0.714. The Morgan fingerprint density at radius 1 is 1.22 bits per heavy atom. The third-order valence-electron chi connectivity index (χ3n) is 3.48. The summed E-state index contributed by atoms with van der Waals surface area (Å²) < 4.78 is 6.69. The van der Waals surface area contributed by atoms with Gasteiger partial charge in [-0.15, -0.1) is 0 Å². The Kier molecular flexibility index (Phi) is 4.57. The van der Waals surface area contributed by atoms with E-state index in [0.717, 1.165) is 15.8 Å². The van der Waals surface area contributed by atoms with Crippen LogP contribution in [0.25, 0.3) is 10.2 Å². The van der Waals surface area contributed by atoms with Gasteiger partial charge in [-0.1, -0.05) is 35.6 Å². The maximum atomic E-state index is 12.5. The number of carbonyl (C=O) groups is 1. The lowest BCUT2D eigenvalue weighted by atomic mass is 10.2. The molecule has 0 atom stereocenters. The number of benzene rings is 2. The fourth-order valence-electron chi connectivity index (χ4n) is 2.32. The van der Waals surface area contributed by atoms with Crippen LogP contribution in [0.2, 0.25) is 0 Å². The van der Waals surface area contributed by atoms with Gasteiger partial charge in [0, 0.05) is 6.54 Å². The number of para-hydroxylation sites is 1. The molecule has 0 N–H and O–H groups in total. The number of hydrogen-bond donors (Lipinski definition) is 0. The van der Waals surface area contributed by atoms with Crippen molar-refractivity contribution in [3.05, 3.63) is 54.1 Å². The maximum absolute atomic E-state index is 12.5. The van der Waals surface area contributed by atoms with Gasteiger partial charge in [0.2, 0.25) is 0 Å². The molecule has 0 saturated carbocycles. The highest BCUT2D eigenvalue weighted by Gasteiger charge is 2.18. The molecule has 3 aromatic rings. The van der Waals surface area contributed by atoms with Crippen LogP contribution in [-0.4, -0.2) is 24.0 Å². The number of fused-ring (bicyclic) bond motifs is 1. The minimum absolute atomic E-state index is 0.00716. The summed E-state index contributed by atoms with van der Waals surface area (Å²) >= 11 is 1.52. The number of aryl methyl sites for hydroxylation is 1. The van der Waals surface area contributed by atoms with Gasteiger partial charge >= 0.3 is 0 Å². The molecule has 4 nitrogen and oxygen atoms in total. The number of nitrogens with zero attached hydrogens (tertiary/aromatic N) is 2. The van der Waals surface area contributed by atoms with E-state index >= 15 is 0 Å². The number of hydrogen-bond acceptors (Lipinski definition) is 4. The van der Waals surface area contributed by atoms with Crippen molar-refractivity contribution in [2.24, 2.45) is 0 Å². The Morgan fingerprint density at radius 3 is 2.78 bits per heavy atom. The number of thiazole rings is 1. The lowest BCUT2D eigenvalue weighted by Gasteiger charge is -2.17. The second kappa shape index (κ2) is 6.79. The second-order valence-electron chi connectivity index (χ2n) is 5.21. The molecular formula is C18H18N2O2S. The molecule has 23 heavy (non-hydrogen) atoms. The number of anilines is 1. The third-order valence-corrected chi connectivity index (χ3v) is 4.54. The minimum Gasteiger partial charge on any atom is -0.484 e. The van der Waals surface area contributed by atoms with Gasteiger partial charge in [-0.05, 0) is 43.7 Å². The number of likely N-dealkylation sites (N-methyl/N-ethyl adjacent to an activating group) is 1. The number of ether oxygens (including phenoxy) is 1. The van der Waals surface area contributed by atoms with Gasteiger partial charge in [-0.3, -0.25) is 9.69 Å². The Hall–Kier alpha value is -2.40. The predicted molar refractivity (Wildman–Crippen MR) is 94.3 cm³/mol. The number of aromatic nitrogens is 1. The van der Waals surface area contributed by atoms with Gasteiger partial charge in [-0.25, -0.2) is 4.98 Å². The fourth-order valence-corrected chi connectivity index (χ4v) is 3.37. The normalized spacial score (nSPS) is 10.7. The first-order chi connectivity index (χ1) is 11.2. The highest BCUT2D eigenvalue weighted by atomic mass is 32.1. The summed E-state index contributed by atoms with van der Waals surface area (Å²) in [5.74, 6) is 0.617. The van der Waals surface area contributed by atoms with E-state index in [0.29, 0.717) is 17.4 Å². The first-order valence-electron chi connectivity index (χ1n) is 7.53. The molecule has 0 spiro atoms. The van der Waals surface area contributed by atoms with Crippen LogP contribution in [0.5, 0.6) is 5.75 Å². The highest BCUT2D eigenvalue weighted by molar-refractivity contribution is 7.22. The summed E-state index contributed by atoms with van der Waals surface area (Å²) in [7, 11) is 0. The van der Waals surface area contributed by atoms with E-state index in [1.807, 2.05) is 62.4 Å². The van der Waals surface area contributed by atoms with Crippen molar-refractivity contribution in [3.8, 4) is 5.75 Å². The largest absolute Gasteiger partial charge is 0.484 e. The van der Waals surface area contributed by atoms with Crippen molar-refractivity contribution < 1.29 is 9.53 Å². The van der Waals surface area contributed by atoms with Crippen LogP contribution in [0.1, 0.15) is 12.5 Å². The summed E-state index contributed by atoms with van der Waals surface area (Å²) in [6.45, 7) is 4.51. The molecule has 0 aliphatic heterocycles. The standard InChI is InChI=1S/C18H18N2O2S/c1-3-20(18-19-15-9-4-5-10-16(15)23-18)17(21)12-22-14-8-6-7-13(2)11-14/h4-11H,3,12H2,1-2H3. The molecule has 2 aromatic carbocycles. The molecule has 0 radical (unpaired) electrons. The Labute approximate surface area is 139 Å². The van der Waals surface area contributed by atoms with Crippen molar-refractivity contribution in [3.63, 3.8) is 0 Å². The molecule has 118 valence electrons. The quantitative estimate of drug-likeness (QED) is 0.711. The van der Waals surface area contributed by atoms with Crippen LogP contribution in [0.4, 0.5) is 5.13 Å². The molecule has 3 rings (SSSR count). The Bertz CT molecular complexity index is 796. The average molecular weight is 326 g/mol. The molecule has 1 amide bonds. The molecule has 5 heteroatoms. The maximum Gasteiger partial charge on any atom is 0.266 e. The molecule has 0 bridgehead atoms. The zero-order valence-electron chi connectivity index (χ0n) is 13.2. The molecular weight excluding hydrogens is 308 g/mol. The van der Waals surface area contributed by atoms with Crippen LogP contribution in [0.3, 0.4) is 0 Å². The topological polar surface area (TPSA) is 42.4 Å². The fraction of sp³-hybridized carbons (Fsp3) is 0.222. The van der Waals surface area contributed by atoms with Crippen LogP contribution in [0, 0.1) is 6.92 Å². The van der Waals surface area contributed by atoms with E-state index in [1.54, 1.807) is 4.90 Å². The van der Waals surface area contributed by atoms with Gasteiger partial charge in [0.1, 0.15) is 5.75 Å². The summed E-state index contributed by atoms with van der Waals surface area (Å²) in [5.41, 5.74) is 2.02. The summed E-state index contributed by atoms with van der Waals surface area (Å²) in [4.78, 5) is 18.7. The van der Waals surface area contributed by atoms with E-state index in [9.17, 15) is 4.79 Å². The predicted octanol–water partition coefficient (Wildman–Crippen LogP) is 4.04. The van der Waals surface area contributed by atoms with Crippen molar-refractivity contribution in [1.29, 1.82) is 0 Å². The number of carbonyl (C=O) groups excluding carboxylic acids is 1. The monoisotopic (exact) mass is 326 g/mol. The zero-order valence-corrected chi connectivity index (χ0v) is 14.0. The van der Waals surface area contributed by atoms with Crippen molar-refractivity contribution in [2.75, 3.05) is 18.1 Å². The van der Waals surface area contributed by atoms with Crippen LogP contribution in [-0.2, 0) is 4.79 Å². The van der Waals surface area contributed by atoms with Gasteiger partial charge in [0.25, 0.3) is 5.91 Å². The Morgan fingerprint density at radius 2 is 2.04 bits per heavy atom. The van der Waals surface area contributed by atoms with Crippen molar-refractivity contribution in [1.82, 2.24) is 4.98 Å². The van der Waals surface area contributed by atoms with E-state index < -0.39 is 0 Å². The molecule has 0 fully saturated rings. The first-order valence-corrected chi connectivity index (χ1v) is 8.34. The van der Waals surface area contributed by atoms with Crippen molar-refractivity contribution >= 4 is 32.6 Å². The zero-order chi connectivity index (χ0) is 16.2. The third kappa shape index (κ3) is 3.51.